The largest absolute Gasteiger partial charge is 0.391 e. The van der Waals surface area contributed by atoms with Gasteiger partial charge in [-0.05, 0) is 58.7 Å². The van der Waals surface area contributed by atoms with Crippen LogP contribution in [-0.4, -0.2) is 91.4 Å². The standard InChI is InChI=1S/C47H48ClF3N12O6S/c1-25-11-13-70-40(25)27-8-6-26(7-9-27)19-52-42(66)38-16-31(64)24-61(38)43(67)41(47(2,3)4)54-39(65)10-12-60-22-30(56-58-60)23-63-45(68)55-44(53-37-15-29-20-59(5)57-36(29)17-32(37)48)62(46(63)69)21-28-14-34(50)35(51)18-33(28)49/h6-9,11,13-15,17-18,20,22,31,38,41,64H,10,12,16,19,21,23-24H2,1-5H3,(H,52,66)(H,54,65)(H,53,55,68)/t31-,38+,41-/m1/s1. The lowest BCUT2D eigenvalue weighted by Gasteiger charge is -2.35. The number of carbonyl (C=O) groups excluding carboxylic acids is 3. The number of aliphatic hydroxyl groups excluding tert-OH is 1. The molecule has 0 saturated carbocycles. The van der Waals surface area contributed by atoms with Crippen LogP contribution in [0, 0.1) is 29.8 Å². The zero-order valence-corrected chi connectivity index (χ0v) is 40.1. The lowest BCUT2D eigenvalue weighted by molar-refractivity contribution is -0.144. The first-order valence-corrected chi connectivity index (χ1v) is 23.3. The number of hydrogen-bond acceptors (Lipinski definition) is 12. The number of aryl methyl sites for hydroxylation is 3. The summed E-state index contributed by atoms with van der Waals surface area (Å²) in [6.07, 6.45) is 1.96. The average molecular weight is 1000 g/mol. The molecule has 0 aliphatic carbocycles. The fourth-order valence-electron chi connectivity index (χ4n) is 8.15. The van der Waals surface area contributed by atoms with Gasteiger partial charge >= 0.3 is 11.4 Å². The van der Waals surface area contributed by atoms with Crippen molar-refractivity contribution in [1.82, 2.24) is 54.4 Å². The molecule has 5 heterocycles. The number of amides is 3. The lowest BCUT2D eigenvalue weighted by atomic mass is 9.85. The first kappa shape index (κ1) is 49.3. The number of anilines is 2. The Morgan fingerprint density at radius 3 is 2.43 bits per heavy atom. The summed E-state index contributed by atoms with van der Waals surface area (Å²) in [5.74, 6) is -5.86. The first-order valence-electron chi connectivity index (χ1n) is 22.1. The van der Waals surface area contributed by atoms with Crippen molar-refractivity contribution in [2.45, 2.75) is 84.9 Å². The molecule has 3 aromatic carbocycles. The zero-order valence-electron chi connectivity index (χ0n) is 38.5. The van der Waals surface area contributed by atoms with Crippen LogP contribution in [0.5, 0.6) is 0 Å². The van der Waals surface area contributed by atoms with Crippen molar-refractivity contribution in [2.75, 3.05) is 11.9 Å². The van der Waals surface area contributed by atoms with Crippen molar-refractivity contribution < 1.29 is 32.7 Å². The Labute approximate surface area is 406 Å². The zero-order chi connectivity index (χ0) is 50.2. The number of nitrogens with zero attached hydrogens (tertiary/aromatic N) is 9. The van der Waals surface area contributed by atoms with Crippen LogP contribution in [0.4, 0.5) is 24.8 Å². The smallest absolute Gasteiger partial charge is 0.355 e. The predicted octanol–water partition coefficient (Wildman–Crippen LogP) is 5.03. The molecule has 1 aliphatic heterocycles. The molecule has 1 aliphatic rings. The van der Waals surface area contributed by atoms with E-state index in [0.717, 1.165) is 15.7 Å². The fourth-order valence-corrected chi connectivity index (χ4v) is 9.28. The molecule has 18 nitrogen and oxygen atoms in total. The maximum Gasteiger partial charge on any atom is 0.355 e. The molecule has 70 heavy (non-hydrogen) atoms. The highest BCUT2D eigenvalue weighted by Crippen LogP contribution is 2.31. The molecule has 8 rings (SSSR count). The van der Waals surface area contributed by atoms with Crippen molar-refractivity contribution >= 4 is 63.2 Å². The molecular formula is C47H48ClF3N12O6S. The molecule has 1 saturated heterocycles. The Hall–Kier alpha value is -7.17. The predicted molar refractivity (Wildman–Crippen MR) is 255 cm³/mol. The third-order valence-corrected chi connectivity index (χ3v) is 13.2. The monoisotopic (exact) mass is 1000 g/mol. The third kappa shape index (κ3) is 10.8. The Kier molecular flexibility index (Phi) is 14.1. The van der Waals surface area contributed by atoms with E-state index in [9.17, 15) is 42.3 Å². The van der Waals surface area contributed by atoms with Gasteiger partial charge in [0.25, 0.3) is 0 Å². The number of fused-ring (bicyclic) bond motifs is 1. The number of halogens is 4. The second-order valence-electron chi connectivity index (χ2n) is 18.2. The van der Waals surface area contributed by atoms with Crippen LogP contribution >= 0.6 is 22.9 Å². The quantitative estimate of drug-likeness (QED) is 0.100. The number of carbonyl (C=O) groups is 3. The van der Waals surface area contributed by atoms with Crippen LogP contribution in [-0.2, 0) is 47.6 Å². The summed E-state index contributed by atoms with van der Waals surface area (Å²) in [5, 5.41) is 34.4. The molecule has 4 N–H and O–H groups in total. The van der Waals surface area contributed by atoms with Crippen molar-refractivity contribution in [1.29, 1.82) is 0 Å². The molecule has 366 valence electrons. The van der Waals surface area contributed by atoms with Gasteiger partial charge in [-0.3, -0.25) is 28.3 Å². The van der Waals surface area contributed by atoms with Gasteiger partial charge in [-0.2, -0.15) is 10.1 Å². The van der Waals surface area contributed by atoms with Gasteiger partial charge < -0.3 is 26.0 Å². The number of aliphatic hydroxyl groups is 1. The number of aromatic nitrogens is 8. The Morgan fingerprint density at radius 2 is 1.71 bits per heavy atom. The number of nitrogens with one attached hydrogen (secondary N) is 3. The van der Waals surface area contributed by atoms with Crippen LogP contribution < -0.4 is 27.3 Å². The van der Waals surface area contributed by atoms with Crippen LogP contribution in [0.15, 0.2) is 82.0 Å². The molecule has 3 amide bonds. The van der Waals surface area contributed by atoms with E-state index in [1.165, 1.54) is 26.2 Å². The molecule has 0 unspecified atom stereocenters. The van der Waals surface area contributed by atoms with E-state index in [-0.39, 0.29) is 54.8 Å². The Morgan fingerprint density at radius 1 is 0.971 bits per heavy atom. The van der Waals surface area contributed by atoms with E-state index in [1.54, 1.807) is 62.2 Å². The van der Waals surface area contributed by atoms with Crippen LogP contribution in [0.25, 0.3) is 21.3 Å². The Balaban J connectivity index is 0.934. The highest BCUT2D eigenvalue weighted by Gasteiger charge is 2.44. The maximum atomic E-state index is 15.0. The second kappa shape index (κ2) is 20.0. The molecule has 7 aromatic rings. The van der Waals surface area contributed by atoms with E-state index in [2.05, 4.69) is 42.4 Å². The highest BCUT2D eigenvalue weighted by atomic mass is 35.5. The fraction of sp³-hybridized carbons (Fsp3) is 0.340. The van der Waals surface area contributed by atoms with Crippen LogP contribution in [0.1, 0.15) is 56.0 Å². The summed E-state index contributed by atoms with van der Waals surface area (Å²) in [4.78, 5) is 75.3. The van der Waals surface area contributed by atoms with E-state index in [4.69, 9.17) is 11.6 Å². The topological polar surface area (TPSA) is 216 Å². The normalized spacial score (nSPS) is 15.4. The van der Waals surface area contributed by atoms with Crippen LogP contribution in [0.2, 0.25) is 5.02 Å². The van der Waals surface area contributed by atoms with Gasteiger partial charge in [-0.15, -0.1) is 16.4 Å². The van der Waals surface area contributed by atoms with E-state index in [0.29, 0.717) is 27.6 Å². The number of likely N-dealkylation sites (tertiary alicyclic amines) is 1. The minimum absolute atomic E-state index is 0.0235. The molecule has 0 radical (unpaired) electrons. The lowest BCUT2D eigenvalue weighted by Crippen LogP contribution is -2.57. The van der Waals surface area contributed by atoms with Gasteiger partial charge in [-0.1, -0.05) is 61.9 Å². The minimum Gasteiger partial charge on any atom is -0.391 e. The number of thiophene rings is 1. The Bertz CT molecular complexity index is 3250. The van der Waals surface area contributed by atoms with Crippen molar-refractivity contribution in [2.24, 2.45) is 12.5 Å². The SMILES string of the molecule is Cc1ccsc1-c1ccc(CNC(=O)[C@@H]2C[C@@H](O)CN2C(=O)[C@@H](NC(=O)CCn2cc(Cn3c(=O)nc(Nc4cc5cn(C)nc5cc4Cl)n(Cc4cc(F)c(F)cc4F)c3=O)nn2)C(C)(C)C)cc1. The number of benzene rings is 3. The summed E-state index contributed by atoms with van der Waals surface area (Å²) in [5.41, 5.74) is 0.612. The molecule has 0 spiro atoms. The summed E-state index contributed by atoms with van der Waals surface area (Å²) in [7, 11) is 1.70. The van der Waals surface area contributed by atoms with Crippen molar-refractivity contribution in [3.05, 3.63) is 138 Å². The number of rotatable bonds is 15. The minimum atomic E-state index is -1.44. The van der Waals surface area contributed by atoms with Gasteiger partial charge in [0.05, 0.1) is 48.2 Å². The summed E-state index contributed by atoms with van der Waals surface area (Å²) < 4.78 is 47.5. The summed E-state index contributed by atoms with van der Waals surface area (Å²) >= 11 is 8.16. The van der Waals surface area contributed by atoms with Gasteiger partial charge in [-0.25, -0.2) is 27.3 Å². The van der Waals surface area contributed by atoms with E-state index in [1.807, 2.05) is 36.6 Å². The maximum absolute atomic E-state index is 15.0. The highest BCUT2D eigenvalue weighted by molar-refractivity contribution is 7.13. The first-order chi connectivity index (χ1) is 33.2. The molecule has 23 heteroatoms. The van der Waals surface area contributed by atoms with Crippen LogP contribution in [0.3, 0.4) is 0 Å². The van der Waals surface area contributed by atoms with Gasteiger partial charge in [0.15, 0.2) is 11.6 Å². The molecule has 3 atom stereocenters. The molecule has 1 fully saturated rings. The third-order valence-electron chi connectivity index (χ3n) is 11.8. The average Bonchev–Trinajstić information content (AvgIpc) is 4.12. The number of hydrogen-bond donors (Lipinski definition) is 4. The van der Waals surface area contributed by atoms with Crippen molar-refractivity contribution in [3.63, 3.8) is 0 Å². The molecule has 0 bridgehead atoms. The van der Waals surface area contributed by atoms with Crippen molar-refractivity contribution in [3.8, 4) is 10.4 Å². The summed E-state index contributed by atoms with van der Waals surface area (Å²) in [6, 6.07) is 11.9. The van der Waals surface area contributed by atoms with Gasteiger partial charge in [0.2, 0.25) is 23.7 Å². The van der Waals surface area contributed by atoms with Gasteiger partial charge in [0.1, 0.15) is 23.6 Å². The van der Waals surface area contributed by atoms with E-state index < -0.39 is 88.8 Å². The van der Waals surface area contributed by atoms with Gasteiger partial charge in [0, 0.05) is 61.1 Å². The number of β-amino-alcohol motifs (C(OH)–C–C–N with tert-alkyl or cyclic N) is 1. The summed E-state index contributed by atoms with van der Waals surface area (Å²) in [6.45, 7) is 6.21. The van der Waals surface area contributed by atoms with E-state index >= 15 is 0 Å². The second-order valence-corrected chi connectivity index (χ2v) is 19.5. The molecule has 4 aromatic heterocycles. The molecular weight excluding hydrogens is 953 g/mol.